The zero-order valence-electron chi connectivity index (χ0n) is 12.2. The second-order valence-electron chi connectivity index (χ2n) is 5.33. The van der Waals surface area contributed by atoms with Crippen molar-refractivity contribution >= 4 is 22.6 Å². The molecule has 19 heavy (non-hydrogen) atoms. The van der Waals surface area contributed by atoms with Crippen LogP contribution in [0.2, 0.25) is 0 Å². The molecule has 1 atom stereocenters. The minimum Gasteiger partial charge on any atom is -0.326 e. The zero-order valence-corrected chi connectivity index (χ0v) is 12.9. The fourth-order valence-corrected chi connectivity index (χ4v) is 2.41. The highest BCUT2D eigenvalue weighted by Crippen LogP contribution is 2.21. The number of alkyl halides is 1. The standard InChI is InChI=1S/C15H22ClN3/c1-11-6-5-7-13-15(11)17-14(8-9-16)19(13)10-12(2)18(3)4/h5-7,12H,8-10H2,1-4H3. The molecule has 104 valence electrons. The lowest BCUT2D eigenvalue weighted by Gasteiger charge is -2.21. The zero-order chi connectivity index (χ0) is 14.0. The molecule has 3 nitrogen and oxygen atoms in total. The van der Waals surface area contributed by atoms with E-state index in [1.165, 1.54) is 11.1 Å². The number of para-hydroxylation sites is 1. The Bertz CT molecular complexity index is 560. The summed E-state index contributed by atoms with van der Waals surface area (Å²) in [5, 5.41) is 0. The number of benzene rings is 1. The average Bonchev–Trinajstić information content (AvgIpc) is 2.70. The van der Waals surface area contributed by atoms with Crippen LogP contribution in [-0.4, -0.2) is 40.5 Å². The Morgan fingerprint density at radius 3 is 2.74 bits per heavy atom. The lowest BCUT2D eigenvalue weighted by Crippen LogP contribution is -2.29. The molecule has 2 aromatic rings. The van der Waals surface area contributed by atoms with Crippen LogP contribution in [0, 0.1) is 6.92 Å². The molecule has 0 aliphatic rings. The van der Waals surface area contributed by atoms with E-state index < -0.39 is 0 Å². The van der Waals surface area contributed by atoms with E-state index in [2.05, 4.69) is 55.6 Å². The first-order valence-corrected chi connectivity index (χ1v) is 7.25. The van der Waals surface area contributed by atoms with Gasteiger partial charge in [-0.2, -0.15) is 0 Å². The largest absolute Gasteiger partial charge is 0.326 e. The topological polar surface area (TPSA) is 21.1 Å². The number of aryl methyl sites for hydroxylation is 2. The monoisotopic (exact) mass is 279 g/mol. The van der Waals surface area contributed by atoms with E-state index in [9.17, 15) is 0 Å². The molecule has 0 spiro atoms. The van der Waals surface area contributed by atoms with Crippen molar-refractivity contribution in [3.8, 4) is 0 Å². The van der Waals surface area contributed by atoms with E-state index in [1.807, 2.05) is 0 Å². The molecule has 1 heterocycles. The first kappa shape index (κ1) is 14.4. The van der Waals surface area contributed by atoms with Crippen molar-refractivity contribution < 1.29 is 0 Å². The van der Waals surface area contributed by atoms with Crippen LogP contribution in [0.5, 0.6) is 0 Å². The van der Waals surface area contributed by atoms with Gasteiger partial charge in [0.1, 0.15) is 5.82 Å². The normalized spacial score (nSPS) is 13.4. The van der Waals surface area contributed by atoms with Gasteiger partial charge in [0.2, 0.25) is 0 Å². The van der Waals surface area contributed by atoms with Gasteiger partial charge in [0, 0.05) is 24.9 Å². The summed E-state index contributed by atoms with van der Waals surface area (Å²) < 4.78 is 2.31. The molecule has 0 aliphatic heterocycles. The summed E-state index contributed by atoms with van der Waals surface area (Å²) in [6.07, 6.45) is 0.815. The number of imidazole rings is 1. The first-order valence-electron chi connectivity index (χ1n) is 6.71. The van der Waals surface area contributed by atoms with Crippen LogP contribution in [0.4, 0.5) is 0 Å². The Kier molecular flexibility index (Phi) is 4.48. The molecule has 0 aliphatic carbocycles. The quantitative estimate of drug-likeness (QED) is 0.785. The predicted octanol–water partition coefficient (Wildman–Crippen LogP) is 3.08. The second-order valence-corrected chi connectivity index (χ2v) is 5.71. The van der Waals surface area contributed by atoms with Crippen molar-refractivity contribution in [2.45, 2.75) is 32.9 Å². The van der Waals surface area contributed by atoms with Crippen molar-refractivity contribution in [3.05, 3.63) is 29.6 Å². The fraction of sp³-hybridized carbons (Fsp3) is 0.533. The molecule has 0 N–H and O–H groups in total. The highest BCUT2D eigenvalue weighted by atomic mass is 35.5. The van der Waals surface area contributed by atoms with Crippen LogP contribution in [0.1, 0.15) is 18.3 Å². The first-order chi connectivity index (χ1) is 9.04. The molecule has 4 heteroatoms. The minimum atomic E-state index is 0.465. The lowest BCUT2D eigenvalue weighted by atomic mass is 10.2. The van der Waals surface area contributed by atoms with Gasteiger partial charge in [-0.3, -0.25) is 0 Å². The molecule has 0 saturated heterocycles. The van der Waals surface area contributed by atoms with Crippen molar-refractivity contribution in [1.82, 2.24) is 14.5 Å². The minimum absolute atomic E-state index is 0.465. The third kappa shape index (κ3) is 2.93. The Hall–Kier alpha value is -1.06. The summed E-state index contributed by atoms with van der Waals surface area (Å²) in [6, 6.07) is 6.82. The smallest absolute Gasteiger partial charge is 0.111 e. The van der Waals surface area contributed by atoms with Crippen molar-refractivity contribution in [2.75, 3.05) is 20.0 Å². The number of likely N-dealkylation sites (N-methyl/N-ethyl adjacent to an activating group) is 1. The summed E-state index contributed by atoms with van der Waals surface area (Å²) in [6.45, 7) is 5.28. The van der Waals surface area contributed by atoms with Gasteiger partial charge in [-0.1, -0.05) is 12.1 Å². The summed E-state index contributed by atoms with van der Waals surface area (Å²) in [4.78, 5) is 7.00. The maximum atomic E-state index is 5.91. The molecule has 1 aromatic carbocycles. The molecule has 2 rings (SSSR count). The summed E-state index contributed by atoms with van der Waals surface area (Å²) in [5.74, 6) is 1.70. The van der Waals surface area contributed by atoms with Crippen LogP contribution in [0.15, 0.2) is 18.2 Å². The van der Waals surface area contributed by atoms with Gasteiger partial charge in [0.25, 0.3) is 0 Å². The Morgan fingerprint density at radius 2 is 2.11 bits per heavy atom. The van der Waals surface area contributed by atoms with Crippen LogP contribution in [0.3, 0.4) is 0 Å². The van der Waals surface area contributed by atoms with Gasteiger partial charge in [-0.15, -0.1) is 11.6 Å². The van der Waals surface area contributed by atoms with E-state index in [4.69, 9.17) is 16.6 Å². The van der Waals surface area contributed by atoms with Crippen LogP contribution >= 0.6 is 11.6 Å². The summed E-state index contributed by atoms with van der Waals surface area (Å²) >= 11 is 5.91. The molecule has 0 amide bonds. The van der Waals surface area contributed by atoms with E-state index in [0.29, 0.717) is 11.9 Å². The molecule has 0 fully saturated rings. The number of rotatable bonds is 5. The van der Waals surface area contributed by atoms with Gasteiger partial charge >= 0.3 is 0 Å². The number of fused-ring (bicyclic) bond motifs is 1. The van der Waals surface area contributed by atoms with Crippen molar-refractivity contribution in [1.29, 1.82) is 0 Å². The predicted molar refractivity (Wildman–Crippen MR) is 82.0 cm³/mol. The average molecular weight is 280 g/mol. The second kappa shape index (κ2) is 5.93. The number of halogens is 1. The van der Waals surface area contributed by atoms with Gasteiger partial charge in [0.15, 0.2) is 0 Å². The number of hydrogen-bond acceptors (Lipinski definition) is 2. The van der Waals surface area contributed by atoms with E-state index >= 15 is 0 Å². The van der Waals surface area contributed by atoms with Gasteiger partial charge in [0.05, 0.1) is 11.0 Å². The van der Waals surface area contributed by atoms with Crippen LogP contribution < -0.4 is 0 Å². The molecule has 0 saturated carbocycles. The summed E-state index contributed by atoms with van der Waals surface area (Å²) in [7, 11) is 4.21. The van der Waals surface area contributed by atoms with Crippen LogP contribution in [-0.2, 0) is 13.0 Å². The highest BCUT2D eigenvalue weighted by molar-refractivity contribution is 6.17. The van der Waals surface area contributed by atoms with E-state index in [1.54, 1.807) is 0 Å². The Morgan fingerprint density at radius 1 is 1.37 bits per heavy atom. The number of aromatic nitrogens is 2. The van der Waals surface area contributed by atoms with Gasteiger partial charge < -0.3 is 9.47 Å². The SMILES string of the molecule is Cc1cccc2c1nc(CCCl)n2CC(C)N(C)C. The molecular weight excluding hydrogens is 258 g/mol. The maximum Gasteiger partial charge on any atom is 0.111 e. The Balaban J connectivity index is 2.49. The maximum absolute atomic E-state index is 5.91. The molecule has 0 radical (unpaired) electrons. The Labute approximate surface area is 120 Å². The molecular formula is C15H22ClN3. The van der Waals surface area contributed by atoms with Crippen molar-refractivity contribution in [3.63, 3.8) is 0 Å². The number of nitrogens with zero attached hydrogens (tertiary/aromatic N) is 3. The van der Waals surface area contributed by atoms with E-state index in [0.717, 1.165) is 24.3 Å². The fourth-order valence-electron chi connectivity index (χ4n) is 2.24. The number of hydrogen-bond donors (Lipinski definition) is 0. The third-order valence-electron chi connectivity index (χ3n) is 3.71. The molecule has 1 aromatic heterocycles. The van der Waals surface area contributed by atoms with E-state index in [-0.39, 0.29) is 0 Å². The van der Waals surface area contributed by atoms with Gasteiger partial charge in [-0.25, -0.2) is 4.98 Å². The van der Waals surface area contributed by atoms with Gasteiger partial charge in [-0.05, 0) is 39.6 Å². The van der Waals surface area contributed by atoms with Crippen LogP contribution in [0.25, 0.3) is 11.0 Å². The molecule has 0 bridgehead atoms. The molecule has 1 unspecified atom stereocenters. The lowest BCUT2D eigenvalue weighted by molar-refractivity contribution is 0.284. The highest BCUT2D eigenvalue weighted by Gasteiger charge is 2.14. The third-order valence-corrected chi connectivity index (χ3v) is 3.90. The summed E-state index contributed by atoms with van der Waals surface area (Å²) in [5.41, 5.74) is 3.55. The van der Waals surface area contributed by atoms with Crippen molar-refractivity contribution in [2.24, 2.45) is 0 Å².